The number of imidazole rings is 1. The Morgan fingerprint density at radius 3 is 2.91 bits per heavy atom. The topological polar surface area (TPSA) is 102 Å². The van der Waals surface area contributed by atoms with Crippen molar-refractivity contribution in [2.45, 2.75) is 37.8 Å². The molecule has 2 atom stereocenters. The highest BCUT2D eigenvalue weighted by Gasteiger charge is 2.38. The van der Waals surface area contributed by atoms with Crippen LogP contribution in [0.15, 0.2) is 18.5 Å². The average molecular weight is 300 g/mol. The van der Waals surface area contributed by atoms with Crippen molar-refractivity contribution in [1.82, 2.24) is 19.5 Å². The first-order valence-corrected chi connectivity index (χ1v) is 7.65. The van der Waals surface area contributed by atoms with Gasteiger partial charge in [-0.3, -0.25) is 0 Å². The molecule has 0 saturated heterocycles. The lowest BCUT2D eigenvalue weighted by molar-refractivity contribution is 0.244. The molecule has 2 aliphatic rings. The fraction of sp³-hybridized carbons (Fsp3) is 0.533. The van der Waals surface area contributed by atoms with E-state index in [1.54, 1.807) is 6.33 Å². The van der Waals surface area contributed by atoms with Crippen molar-refractivity contribution in [3.05, 3.63) is 18.5 Å². The summed E-state index contributed by atoms with van der Waals surface area (Å²) in [5, 5.41) is 12.7. The number of fused-ring (bicyclic) bond motifs is 1. The number of hydrogen-bond acceptors (Lipinski definition) is 6. The number of rotatable bonds is 4. The normalized spacial score (nSPS) is 25.7. The van der Waals surface area contributed by atoms with Crippen molar-refractivity contribution in [2.24, 2.45) is 5.92 Å². The Balaban J connectivity index is 1.74. The van der Waals surface area contributed by atoms with E-state index >= 15 is 0 Å². The SMILES string of the molecule is CC1(Nc2nc(N)nc3c2ncn3C2C=CC(CO)C2)CC1. The first-order chi connectivity index (χ1) is 10.6. The molecule has 4 rings (SSSR count). The van der Waals surface area contributed by atoms with Crippen molar-refractivity contribution < 1.29 is 5.11 Å². The molecule has 0 aliphatic heterocycles. The number of nitrogens with zero attached hydrogens (tertiary/aromatic N) is 4. The van der Waals surface area contributed by atoms with Crippen LogP contribution in [0, 0.1) is 5.92 Å². The number of allylic oxidation sites excluding steroid dienone is 1. The Kier molecular flexibility index (Phi) is 2.87. The third kappa shape index (κ3) is 2.21. The zero-order valence-electron chi connectivity index (χ0n) is 12.5. The van der Waals surface area contributed by atoms with Gasteiger partial charge in [0.25, 0.3) is 0 Å². The van der Waals surface area contributed by atoms with Crippen LogP contribution < -0.4 is 11.1 Å². The summed E-state index contributed by atoms with van der Waals surface area (Å²) in [6.07, 6.45) is 9.03. The molecule has 2 aromatic rings. The highest BCUT2D eigenvalue weighted by Crippen LogP contribution is 2.39. The van der Waals surface area contributed by atoms with Gasteiger partial charge in [-0.2, -0.15) is 9.97 Å². The number of aliphatic hydroxyl groups is 1. The summed E-state index contributed by atoms with van der Waals surface area (Å²) >= 11 is 0. The minimum absolute atomic E-state index is 0.104. The summed E-state index contributed by atoms with van der Waals surface area (Å²) in [6.45, 7) is 2.33. The number of nitrogen functional groups attached to an aromatic ring is 1. The van der Waals surface area contributed by atoms with Crippen LogP contribution in [-0.4, -0.2) is 36.8 Å². The Morgan fingerprint density at radius 2 is 2.23 bits per heavy atom. The van der Waals surface area contributed by atoms with E-state index < -0.39 is 0 Å². The molecule has 0 bridgehead atoms. The van der Waals surface area contributed by atoms with Crippen LogP contribution in [0.4, 0.5) is 11.8 Å². The molecule has 22 heavy (non-hydrogen) atoms. The number of hydrogen-bond donors (Lipinski definition) is 3. The minimum Gasteiger partial charge on any atom is -0.396 e. The van der Waals surface area contributed by atoms with Crippen LogP contribution in [0.5, 0.6) is 0 Å². The highest BCUT2D eigenvalue weighted by molar-refractivity contribution is 5.84. The number of nitrogens with two attached hydrogens (primary N) is 1. The summed E-state index contributed by atoms with van der Waals surface area (Å²) in [6, 6.07) is 0.154. The standard InChI is InChI=1S/C15H20N6O/c1-15(4-5-15)20-12-11-13(19-14(16)18-12)21(8-17-11)10-3-2-9(6-10)7-22/h2-3,8-10,22H,4-7H2,1H3,(H3,16,18,19,20). The quantitative estimate of drug-likeness (QED) is 0.739. The maximum Gasteiger partial charge on any atom is 0.224 e. The molecule has 4 N–H and O–H groups in total. The molecule has 0 spiro atoms. The molecule has 0 aromatic carbocycles. The van der Waals surface area contributed by atoms with E-state index in [1.165, 1.54) is 0 Å². The zero-order chi connectivity index (χ0) is 15.3. The van der Waals surface area contributed by atoms with Crippen molar-refractivity contribution in [2.75, 3.05) is 17.7 Å². The van der Waals surface area contributed by atoms with Crippen molar-refractivity contribution in [1.29, 1.82) is 0 Å². The maximum atomic E-state index is 9.29. The molecule has 1 saturated carbocycles. The molecule has 0 amide bonds. The van der Waals surface area contributed by atoms with Gasteiger partial charge < -0.3 is 20.7 Å². The number of aliphatic hydroxyl groups excluding tert-OH is 1. The van der Waals surface area contributed by atoms with E-state index in [0.717, 1.165) is 30.4 Å². The van der Waals surface area contributed by atoms with Crippen molar-refractivity contribution in [3.8, 4) is 0 Å². The molecule has 7 nitrogen and oxygen atoms in total. The minimum atomic E-state index is 0.104. The molecule has 1 fully saturated rings. The van der Waals surface area contributed by atoms with E-state index in [9.17, 15) is 5.11 Å². The number of nitrogens with one attached hydrogen (secondary N) is 1. The largest absolute Gasteiger partial charge is 0.396 e. The Morgan fingerprint density at radius 1 is 1.41 bits per heavy atom. The van der Waals surface area contributed by atoms with Crippen LogP contribution >= 0.6 is 0 Å². The lowest BCUT2D eigenvalue weighted by Gasteiger charge is -2.15. The van der Waals surface area contributed by atoms with Crippen LogP contribution in [-0.2, 0) is 0 Å². The number of anilines is 2. The van der Waals surface area contributed by atoms with Gasteiger partial charge in [-0.1, -0.05) is 12.2 Å². The smallest absolute Gasteiger partial charge is 0.224 e. The van der Waals surface area contributed by atoms with Crippen molar-refractivity contribution >= 4 is 22.9 Å². The molecule has 116 valence electrons. The van der Waals surface area contributed by atoms with Crippen LogP contribution in [0.2, 0.25) is 0 Å². The summed E-state index contributed by atoms with van der Waals surface area (Å²) < 4.78 is 2.01. The summed E-state index contributed by atoms with van der Waals surface area (Å²) in [5.74, 6) is 1.16. The van der Waals surface area contributed by atoms with Gasteiger partial charge in [-0.15, -0.1) is 0 Å². The van der Waals surface area contributed by atoms with Gasteiger partial charge in [-0.05, 0) is 26.2 Å². The van der Waals surface area contributed by atoms with E-state index in [1.807, 2.05) is 10.6 Å². The van der Waals surface area contributed by atoms with E-state index in [2.05, 4.69) is 33.3 Å². The average Bonchev–Trinajstić information content (AvgIpc) is 2.93. The molecule has 0 radical (unpaired) electrons. The number of aromatic nitrogens is 4. The molecule has 7 heteroatoms. The zero-order valence-corrected chi connectivity index (χ0v) is 12.5. The van der Waals surface area contributed by atoms with Gasteiger partial charge in [0.15, 0.2) is 17.0 Å². The van der Waals surface area contributed by atoms with Gasteiger partial charge >= 0.3 is 0 Å². The van der Waals surface area contributed by atoms with Crippen LogP contribution in [0.25, 0.3) is 11.2 Å². The second-order valence-electron chi connectivity index (χ2n) is 6.57. The van der Waals surface area contributed by atoms with Crippen molar-refractivity contribution in [3.63, 3.8) is 0 Å². The molecule has 2 aliphatic carbocycles. The van der Waals surface area contributed by atoms with Gasteiger partial charge in [0.1, 0.15) is 0 Å². The van der Waals surface area contributed by atoms with Gasteiger partial charge in [0.05, 0.1) is 12.4 Å². The lowest BCUT2D eigenvalue weighted by atomic mass is 10.1. The maximum absolute atomic E-state index is 9.29. The third-order valence-corrected chi connectivity index (χ3v) is 4.60. The van der Waals surface area contributed by atoms with E-state index in [4.69, 9.17) is 5.73 Å². The van der Waals surface area contributed by atoms with Gasteiger partial charge in [-0.25, -0.2) is 4.98 Å². The van der Waals surface area contributed by atoms with Crippen LogP contribution in [0.3, 0.4) is 0 Å². The second kappa shape index (κ2) is 4.67. The summed E-state index contributed by atoms with van der Waals surface area (Å²) in [4.78, 5) is 13.2. The highest BCUT2D eigenvalue weighted by atomic mass is 16.3. The Labute approximate surface area is 128 Å². The Hall–Kier alpha value is -2.15. The van der Waals surface area contributed by atoms with Crippen LogP contribution in [0.1, 0.15) is 32.2 Å². The predicted molar refractivity (Wildman–Crippen MR) is 84.4 cm³/mol. The van der Waals surface area contributed by atoms with E-state index in [-0.39, 0.29) is 30.1 Å². The predicted octanol–water partition coefficient (Wildman–Crippen LogP) is 1.48. The van der Waals surface area contributed by atoms with E-state index in [0.29, 0.717) is 5.82 Å². The monoisotopic (exact) mass is 300 g/mol. The fourth-order valence-corrected chi connectivity index (χ4v) is 2.96. The molecule has 2 heterocycles. The lowest BCUT2D eigenvalue weighted by Crippen LogP contribution is -2.18. The first-order valence-electron chi connectivity index (χ1n) is 7.65. The summed E-state index contributed by atoms with van der Waals surface area (Å²) in [7, 11) is 0. The molecular formula is C15H20N6O. The molecular weight excluding hydrogens is 280 g/mol. The Bertz CT molecular complexity index is 748. The second-order valence-corrected chi connectivity index (χ2v) is 6.57. The fourth-order valence-electron chi connectivity index (χ4n) is 2.96. The van der Waals surface area contributed by atoms with Gasteiger partial charge in [0, 0.05) is 18.1 Å². The third-order valence-electron chi connectivity index (χ3n) is 4.60. The first kappa shape index (κ1) is 13.5. The molecule has 2 aromatic heterocycles. The molecule has 2 unspecified atom stereocenters. The summed E-state index contributed by atoms with van der Waals surface area (Å²) in [5.41, 5.74) is 7.48. The van der Waals surface area contributed by atoms with Gasteiger partial charge in [0.2, 0.25) is 5.95 Å².